The van der Waals surface area contributed by atoms with Gasteiger partial charge in [-0.05, 0) is 36.7 Å². The maximum atomic E-state index is 8.94. The fraction of sp³-hybridized carbons (Fsp3) is 0.625. The molecule has 1 saturated heterocycles. The highest BCUT2D eigenvalue weighted by Crippen LogP contribution is 2.35. The third kappa shape index (κ3) is 3.65. The maximum absolute atomic E-state index is 8.94. The third-order valence-electron chi connectivity index (χ3n) is 4.48. The standard InChI is InChI=1S/C16H26N4O/c1-16(2,3)12-5-4-9-20(10-7-12)14-11-18-8-6-13(14)15(17)19-21/h6,8,11-12,21H,4-5,7,9-10H2,1-3H3,(H2,17,19). The minimum absolute atomic E-state index is 0.143. The van der Waals surface area contributed by atoms with Gasteiger partial charge in [-0.2, -0.15) is 0 Å². The van der Waals surface area contributed by atoms with Crippen molar-refractivity contribution in [2.75, 3.05) is 18.0 Å². The maximum Gasteiger partial charge on any atom is 0.172 e. The van der Waals surface area contributed by atoms with E-state index in [1.807, 2.05) is 6.20 Å². The molecule has 1 aliphatic heterocycles. The lowest BCUT2D eigenvalue weighted by atomic mass is 9.77. The molecule has 1 unspecified atom stereocenters. The van der Waals surface area contributed by atoms with E-state index in [-0.39, 0.29) is 5.84 Å². The topological polar surface area (TPSA) is 74.7 Å². The molecule has 1 atom stereocenters. The van der Waals surface area contributed by atoms with E-state index in [0.29, 0.717) is 5.41 Å². The van der Waals surface area contributed by atoms with E-state index in [0.717, 1.165) is 43.1 Å². The average Bonchev–Trinajstić information content (AvgIpc) is 2.72. The third-order valence-corrected chi connectivity index (χ3v) is 4.48. The Morgan fingerprint density at radius 1 is 1.38 bits per heavy atom. The van der Waals surface area contributed by atoms with Crippen molar-refractivity contribution < 1.29 is 5.21 Å². The molecule has 5 nitrogen and oxygen atoms in total. The van der Waals surface area contributed by atoms with Crippen molar-refractivity contribution in [3.8, 4) is 0 Å². The van der Waals surface area contributed by atoms with Gasteiger partial charge in [0.2, 0.25) is 0 Å². The molecule has 1 aromatic rings. The first-order valence-corrected chi connectivity index (χ1v) is 7.60. The van der Waals surface area contributed by atoms with Gasteiger partial charge in [-0.3, -0.25) is 4.98 Å². The summed E-state index contributed by atoms with van der Waals surface area (Å²) < 4.78 is 0. The van der Waals surface area contributed by atoms with Crippen LogP contribution < -0.4 is 10.6 Å². The van der Waals surface area contributed by atoms with Crippen LogP contribution >= 0.6 is 0 Å². The summed E-state index contributed by atoms with van der Waals surface area (Å²) in [6.45, 7) is 8.93. The first-order valence-electron chi connectivity index (χ1n) is 7.60. The largest absolute Gasteiger partial charge is 0.409 e. The van der Waals surface area contributed by atoms with Gasteiger partial charge >= 0.3 is 0 Å². The molecule has 3 N–H and O–H groups in total. The summed E-state index contributed by atoms with van der Waals surface area (Å²) >= 11 is 0. The predicted molar refractivity (Wildman–Crippen MR) is 85.8 cm³/mol. The molecule has 2 rings (SSSR count). The summed E-state index contributed by atoms with van der Waals surface area (Å²) in [6, 6.07) is 1.80. The van der Waals surface area contributed by atoms with E-state index >= 15 is 0 Å². The number of nitrogens with two attached hydrogens (primary N) is 1. The zero-order valence-corrected chi connectivity index (χ0v) is 13.2. The Bertz CT molecular complexity index is 507. The molecule has 1 aliphatic rings. The lowest BCUT2D eigenvalue weighted by Gasteiger charge is -2.30. The Kier molecular flexibility index (Phi) is 4.70. The first-order chi connectivity index (χ1) is 9.93. The van der Waals surface area contributed by atoms with E-state index < -0.39 is 0 Å². The second-order valence-electron chi connectivity index (χ2n) is 6.86. The number of hydrogen-bond donors (Lipinski definition) is 2. The first kappa shape index (κ1) is 15.6. The van der Waals surface area contributed by atoms with Crippen molar-refractivity contribution in [3.63, 3.8) is 0 Å². The van der Waals surface area contributed by atoms with Gasteiger partial charge in [0.15, 0.2) is 5.84 Å². The highest BCUT2D eigenvalue weighted by molar-refractivity contribution is 6.02. The van der Waals surface area contributed by atoms with Crippen molar-refractivity contribution in [1.29, 1.82) is 0 Å². The summed E-state index contributed by atoms with van der Waals surface area (Å²) in [6.07, 6.45) is 7.05. The SMILES string of the molecule is CC(C)(C)C1CCCN(c2cnccc2/C(N)=N/O)CC1. The molecule has 116 valence electrons. The Hall–Kier alpha value is -1.78. The second-order valence-corrected chi connectivity index (χ2v) is 6.86. The van der Waals surface area contributed by atoms with E-state index in [1.165, 1.54) is 6.42 Å². The molecular formula is C16H26N4O. The minimum Gasteiger partial charge on any atom is -0.409 e. The van der Waals surface area contributed by atoms with E-state index in [1.54, 1.807) is 12.3 Å². The number of amidine groups is 1. The Morgan fingerprint density at radius 2 is 2.14 bits per heavy atom. The Balaban J connectivity index is 2.20. The van der Waals surface area contributed by atoms with Crippen LogP contribution in [0.25, 0.3) is 0 Å². The van der Waals surface area contributed by atoms with Crippen LogP contribution in [0.3, 0.4) is 0 Å². The number of hydrogen-bond acceptors (Lipinski definition) is 4. The number of anilines is 1. The van der Waals surface area contributed by atoms with Crippen molar-refractivity contribution in [2.45, 2.75) is 40.0 Å². The summed E-state index contributed by atoms with van der Waals surface area (Å²) in [5.74, 6) is 0.871. The summed E-state index contributed by atoms with van der Waals surface area (Å²) in [5.41, 5.74) is 7.84. The summed E-state index contributed by atoms with van der Waals surface area (Å²) in [5, 5.41) is 12.1. The predicted octanol–water partition coefficient (Wildman–Crippen LogP) is 2.83. The van der Waals surface area contributed by atoms with Crippen molar-refractivity contribution in [1.82, 2.24) is 4.98 Å². The zero-order chi connectivity index (χ0) is 15.5. The second kappa shape index (κ2) is 6.33. The molecule has 0 aliphatic carbocycles. The van der Waals surface area contributed by atoms with Gasteiger partial charge in [-0.25, -0.2) is 0 Å². The van der Waals surface area contributed by atoms with Crippen molar-refractivity contribution in [2.24, 2.45) is 22.2 Å². The number of rotatable bonds is 2. The average molecular weight is 290 g/mol. The van der Waals surface area contributed by atoms with Gasteiger partial charge < -0.3 is 15.8 Å². The van der Waals surface area contributed by atoms with Crippen LogP contribution in [0.1, 0.15) is 45.6 Å². The molecule has 2 heterocycles. The molecule has 0 amide bonds. The molecule has 1 fully saturated rings. The molecule has 5 heteroatoms. The van der Waals surface area contributed by atoms with E-state index in [2.05, 4.69) is 35.8 Å². The van der Waals surface area contributed by atoms with E-state index in [9.17, 15) is 0 Å². The quantitative estimate of drug-likeness (QED) is 0.380. The van der Waals surface area contributed by atoms with Gasteiger partial charge in [0.25, 0.3) is 0 Å². The lowest BCUT2D eigenvalue weighted by Crippen LogP contribution is -2.28. The Morgan fingerprint density at radius 3 is 2.81 bits per heavy atom. The molecule has 21 heavy (non-hydrogen) atoms. The van der Waals surface area contributed by atoms with Crippen LogP contribution in [-0.2, 0) is 0 Å². The van der Waals surface area contributed by atoms with Gasteiger partial charge in [0.05, 0.1) is 11.9 Å². The van der Waals surface area contributed by atoms with Crippen LogP contribution in [0.15, 0.2) is 23.6 Å². The van der Waals surface area contributed by atoms with Gasteiger partial charge in [0, 0.05) is 24.8 Å². The normalized spacial score (nSPS) is 21.2. The molecule has 0 bridgehead atoms. The van der Waals surface area contributed by atoms with Gasteiger partial charge in [0.1, 0.15) is 0 Å². The number of nitrogens with zero attached hydrogens (tertiary/aromatic N) is 3. The molecule has 0 spiro atoms. The smallest absolute Gasteiger partial charge is 0.172 e. The molecule has 0 radical (unpaired) electrons. The zero-order valence-electron chi connectivity index (χ0n) is 13.2. The molecule has 0 saturated carbocycles. The fourth-order valence-electron chi connectivity index (χ4n) is 3.11. The highest BCUT2D eigenvalue weighted by Gasteiger charge is 2.27. The number of oxime groups is 1. The van der Waals surface area contributed by atoms with Gasteiger partial charge in [-0.1, -0.05) is 25.9 Å². The molecule has 1 aromatic heterocycles. The van der Waals surface area contributed by atoms with Crippen LogP contribution in [0, 0.1) is 11.3 Å². The highest BCUT2D eigenvalue weighted by atomic mass is 16.4. The lowest BCUT2D eigenvalue weighted by molar-refractivity contribution is 0.220. The van der Waals surface area contributed by atoms with E-state index in [4.69, 9.17) is 10.9 Å². The monoisotopic (exact) mass is 290 g/mol. The number of aromatic nitrogens is 1. The van der Waals surface area contributed by atoms with Crippen LogP contribution in [-0.4, -0.2) is 29.1 Å². The Labute approximate surface area is 126 Å². The minimum atomic E-state index is 0.143. The van der Waals surface area contributed by atoms with Gasteiger partial charge in [-0.15, -0.1) is 0 Å². The summed E-state index contributed by atoms with van der Waals surface area (Å²) in [4.78, 5) is 6.51. The van der Waals surface area contributed by atoms with Crippen LogP contribution in [0.5, 0.6) is 0 Å². The van der Waals surface area contributed by atoms with Crippen molar-refractivity contribution in [3.05, 3.63) is 24.0 Å². The number of pyridine rings is 1. The molecule has 0 aromatic carbocycles. The fourth-order valence-corrected chi connectivity index (χ4v) is 3.11. The molecular weight excluding hydrogens is 264 g/mol. The van der Waals surface area contributed by atoms with Crippen LogP contribution in [0.2, 0.25) is 0 Å². The summed E-state index contributed by atoms with van der Waals surface area (Å²) in [7, 11) is 0. The van der Waals surface area contributed by atoms with Crippen LogP contribution in [0.4, 0.5) is 5.69 Å². The van der Waals surface area contributed by atoms with Crippen molar-refractivity contribution >= 4 is 11.5 Å².